The molecule has 2 aliphatic rings. The van der Waals surface area contributed by atoms with E-state index in [1.165, 1.54) is 4.90 Å². The van der Waals surface area contributed by atoms with Gasteiger partial charge in [-0.15, -0.1) is 11.5 Å². The lowest BCUT2D eigenvalue weighted by Gasteiger charge is -2.35. The maximum absolute atomic E-state index is 13.5. The molecule has 1 saturated carbocycles. The first-order valence-electron chi connectivity index (χ1n) is 11.2. The van der Waals surface area contributed by atoms with Crippen LogP contribution < -0.4 is 9.64 Å². The van der Waals surface area contributed by atoms with Crippen molar-refractivity contribution < 1.29 is 19.1 Å². The second kappa shape index (κ2) is 10.3. The Kier molecular flexibility index (Phi) is 7.76. The van der Waals surface area contributed by atoms with Gasteiger partial charge >= 0.3 is 12.0 Å². The average Bonchev–Trinajstić information content (AvgIpc) is 3.23. The number of rotatable bonds is 8. The molecular formula is C22H32N4O4S. The zero-order valence-electron chi connectivity index (χ0n) is 18.6. The second-order valence-corrected chi connectivity index (χ2v) is 8.93. The lowest BCUT2D eigenvalue weighted by atomic mass is 9.92. The summed E-state index contributed by atoms with van der Waals surface area (Å²) in [6.45, 7) is 6.42. The third kappa shape index (κ3) is 4.79. The molecule has 0 aromatic carbocycles. The van der Waals surface area contributed by atoms with Crippen LogP contribution in [0.5, 0.6) is 5.19 Å². The van der Waals surface area contributed by atoms with E-state index < -0.39 is 11.8 Å². The number of anilines is 1. The van der Waals surface area contributed by atoms with Gasteiger partial charge in [-0.25, -0.2) is 9.69 Å². The van der Waals surface area contributed by atoms with Crippen molar-refractivity contribution in [3.8, 4) is 17.5 Å². The van der Waals surface area contributed by atoms with E-state index >= 15 is 0 Å². The molecule has 1 aliphatic heterocycles. The second-order valence-electron chi connectivity index (χ2n) is 8.01. The van der Waals surface area contributed by atoms with Gasteiger partial charge in [-0.2, -0.15) is 0 Å². The van der Waals surface area contributed by atoms with Gasteiger partial charge in [0.1, 0.15) is 5.54 Å². The van der Waals surface area contributed by atoms with E-state index in [1.54, 1.807) is 4.90 Å². The molecule has 31 heavy (non-hydrogen) atoms. The van der Waals surface area contributed by atoms with E-state index in [0.717, 1.165) is 49.9 Å². The number of hydrogen-bond donors (Lipinski definition) is 0. The molecule has 0 spiro atoms. The summed E-state index contributed by atoms with van der Waals surface area (Å²) in [6, 6.07) is -0.320. The van der Waals surface area contributed by atoms with Crippen molar-refractivity contribution in [3.63, 3.8) is 0 Å². The lowest BCUT2D eigenvalue weighted by molar-refractivity contribution is -0.154. The number of hydrogen-bond acceptors (Lipinski definition) is 7. The predicted molar refractivity (Wildman–Crippen MR) is 119 cm³/mol. The highest BCUT2D eigenvalue weighted by molar-refractivity contribution is 7.17. The van der Waals surface area contributed by atoms with Gasteiger partial charge < -0.3 is 14.4 Å². The smallest absolute Gasteiger partial charge is 0.330 e. The number of nitrogens with zero attached hydrogens (tertiary/aromatic N) is 4. The summed E-state index contributed by atoms with van der Waals surface area (Å²) in [4.78, 5) is 29.5. The number of terminal acetylenes is 1. The molecule has 8 nitrogen and oxygen atoms in total. The molecule has 0 bridgehead atoms. The molecule has 170 valence electrons. The quantitative estimate of drug-likeness (QED) is 0.336. The molecule has 2 amide bonds. The van der Waals surface area contributed by atoms with Gasteiger partial charge in [-0.05, 0) is 43.9 Å². The molecule has 1 aromatic heterocycles. The fourth-order valence-electron chi connectivity index (χ4n) is 4.36. The zero-order valence-corrected chi connectivity index (χ0v) is 19.4. The monoisotopic (exact) mass is 448 g/mol. The highest BCUT2D eigenvalue weighted by atomic mass is 32.1. The van der Waals surface area contributed by atoms with Crippen LogP contribution in [0.2, 0.25) is 0 Å². The number of amides is 2. The minimum absolute atomic E-state index is 0.128. The Bertz CT molecular complexity index is 809. The molecule has 1 saturated heterocycles. The van der Waals surface area contributed by atoms with E-state index in [1.807, 2.05) is 20.8 Å². The Morgan fingerprint density at radius 1 is 1.19 bits per heavy atom. The van der Waals surface area contributed by atoms with E-state index in [4.69, 9.17) is 15.9 Å². The van der Waals surface area contributed by atoms with Gasteiger partial charge in [0.2, 0.25) is 11.4 Å². The van der Waals surface area contributed by atoms with Crippen LogP contribution in [0.4, 0.5) is 9.93 Å². The summed E-state index contributed by atoms with van der Waals surface area (Å²) in [5.41, 5.74) is -0.744. The van der Waals surface area contributed by atoms with Crippen molar-refractivity contribution in [2.75, 3.05) is 18.1 Å². The largest absolute Gasteiger partial charge is 0.469 e. The molecular weight excluding hydrogens is 416 g/mol. The van der Waals surface area contributed by atoms with Crippen molar-refractivity contribution in [1.29, 1.82) is 0 Å². The third-order valence-corrected chi connectivity index (χ3v) is 7.16. The molecule has 0 N–H and O–H groups in total. The maximum atomic E-state index is 13.5. The van der Waals surface area contributed by atoms with E-state index in [9.17, 15) is 9.59 Å². The van der Waals surface area contributed by atoms with Crippen LogP contribution in [-0.4, -0.2) is 52.0 Å². The normalized spacial score (nSPS) is 20.5. The predicted octanol–water partition coefficient (Wildman–Crippen LogP) is 4.21. The lowest BCUT2D eigenvalue weighted by Crippen LogP contribution is -2.49. The molecule has 1 aliphatic carbocycles. The Labute approximate surface area is 188 Å². The summed E-state index contributed by atoms with van der Waals surface area (Å²) in [5.74, 6) is 2.43. The third-order valence-electron chi connectivity index (χ3n) is 6.33. The topological polar surface area (TPSA) is 84.9 Å². The number of carbonyl (C=O) groups excluding carboxylic acids is 2. The highest BCUT2D eigenvalue weighted by Gasteiger charge is 2.50. The molecule has 1 unspecified atom stereocenters. The van der Waals surface area contributed by atoms with Gasteiger partial charge in [0.25, 0.3) is 5.19 Å². The minimum Gasteiger partial charge on any atom is -0.469 e. The summed E-state index contributed by atoms with van der Waals surface area (Å²) < 4.78 is 11.3. The van der Waals surface area contributed by atoms with Crippen molar-refractivity contribution in [2.45, 2.75) is 83.9 Å². The van der Waals surface area contributed by atoms with Crippen molar-refractivity contribution in [2.24, 2.45) is 5.92 Å². The van der Waals surface area contributed by atoms with Crippen LogP contribution in [0.1, 0.15) is 72.1 Å². The van der Waals surface area contributed by atoms with Crippen LogP contribution in [0.15, 0.2) is 0 Å². The molecule has 1 aromatic rings. The summed E-state index contributed by atoms with van der Waals surface area (Å²) in [5, 5.41) is 8.83. The van der Waals surface area contributed by atoms with Crippen molar-refractivity contribution in [3.05, 3.63) is 0 Å². The van der Waals surface area contributed by atoms with E-state index in [2.05, 4.69) is 16.1 Å². The summed E-state index contributed by atoms with van der Waals surface area (Å²) in [7, 11) is 0. The minimum atomic E-state index is -0.795. The van der Waals surface area contributed by atoms with Crippen LogP contribution in [0.25, 0.3) is 0 Å². The first-order chi connectivity index (χ1) is 15.0. The van der Waals surface area contributed by atoms with Crippen LogP contribution in [-0.2, 0) is 9.53 Å². The average molecular weight is 449 g/mol. The molecule has 9 heteroatoms. The van der Waals surface area contributed by atoms with Gasteiger partial charge in [-0.3, -0.25) is 4.79 Å². The Balaban J connectivity index is 1.88. The molecule has 0 radical (unpaired) electrons. The Morgan fingerprint density at radius 2 is 1.87 bits per heavy atom. The SMILES string of the molecule is C#CC(CC)(CC)N1CC(OC(=O)C2CCCCCC2)N(c2nnc(OCC)s2)C1=O. The summed E-state index contributed by atoms with van der Waals surface area (Å²) in [6.07, 6.45) is 12.3. The van der Waals surface area contributed by atoms with Crippen LogP contribution in [0.3, 0.4) is 0 Å². The number of aromatic nitrogens is 2. The fourth-order valence-corrected chi connectivity index (χ4v) is 5.15. The van der Waals surface area contributed by atoms with E-state index in [-0.39, 0.29) is 24.5 Å². The standard InChI is InChI=1S/C22H32N4O4S/c1-5-22(6-2,7-3)25-15-17(30-18(27)16-13-11-9-10-12-14-16)26(21(25)28)19-23-24-20(31-19)29-8-4/h1,16-17H,6-15H2,2-4H3. The molecule has 1 atom stereocenters. The van der Waals surface area contributed by atoms with Gasteiger partial charge in [0.15, 0.2) is 0 Å². The Hall–Kier alpha value is -2.34. The molecule has 3 rings (SSSR count). The first kappa shape index (κ1) is 23.3. The van der Waals surface area contributed by atoms with E-state index in [0.29, 0.717) is 29.8 Å². The number of carbonyl (C=O) groups is 2. The number of esters is 1. The zero-order chi connectivity index (χ0) is 22.4. The fraction of sp³-hybridized carbons (Fsp3) is 0.727. The van der Waals surface area contributed by atoms with Gasteiger partial charge in [0.05, 0.1) is 19.1 Å². The number of urea groups is 1. The molecule has 2 fully saturated rings. The summed E-state index contributed by atoms with van der Waals surface area (Å²) >= 11 is 1.15. The van der Waals surface area contributed by atoms with Crippen LogP contribution in [0, 0.1) is 18.3 Å². The van der Waals surface area contributed by atoms with Gasteiger partial charge in [0, 0.05) is 0 Å². The van der Waals surface area contributed by atoms with Crippen molar-refractivity contribution in [1.82, 2.24) is 15.1 Å². The Morgan fingerprint density at radius 3 is 2.45 bits per heavy atom. The van der Waals surface area contributed by atoms with Crippen molar-refractivity contribution >= 4 is 28.5 Å². The first-order valence-corrected chi connectivity index (χ1v) is 12.1. The van der Waals surface area contributed by atoms with Gasteiger partial charge in [-0.1, -0.05) is 50.5 Å². The van der Waals surface area contributed by atoms with Crippen LogP contribution >= 0.6 is 11.3 Å². The number of ether oxygens (including phenoxy) is 2. The maximum Gasteiger partial charge on any atom is 0.330 e. The molecule has 2 heterocycles. The highest BCUT2D eigenvalue weighted by Crippen LogP contribution is 2.37.